The van der Waals surface area contributed by atoms with E-state index in [-0.39, 0.29) is 17.4 Å². The molecule has 0 radical (unpaired) electrons. The number of rotatable bonds is 5. The van der Waals surface area contributed by atoms with Gasteiger partial charge >= 0.3 is 0 Å². The van der Waals surface area contributed by atoms with Crippen molar-refractivity contribution in [1.82, 2.24) is 5.32 Å². The van der Waals surface area contributed by atoms with Crippen LogP contribution < -0.4 is 5.32 Å². The number of amides is 1. The SMILES string of the molecule is Cc1ccc(C2=NO[C@@H](CC3(C(=O)NC4CCCC4)CCOCC3)C2)cc1. The smallest absolute Gasteiger partial charge is 0.226 e. The van der Waals surface area contributed by atoms with Gasteiger partial charge in [-0.3, -0.25) is 4.79 Å². The first-order valence-electron chi connectivity index (χ1n) is 10.3. The molecule has 2 aliphatic heterocycles. The lowest BCUT2D eigenvalue weighted by molar-refractivity contribution is -0.140. The summed E-state index contributed by atoms with van der Waals surface area (Å²) in [6, 6.07) is 8.73. The summed E-state index contributed by atoms with van der Waals surface area (Å²) in [4.78, 5) is 19.0. The number of hydrogen-bond donors (Lipinski definition) is 1. The number of carbonyl (C=O) groups excluding carboxylic acids is 1. The molecule has 5 heteroatoms. The number of benzene rings is 1. The van der Waals surface area contributed by atoms with Crippen molar-refractivity contribution in [3.63, 3.8) is 0 Å². The number of oxime groups is 1. The lowest BCUT2D eigenvalue weighted by atomic mass is 9.74. The maximum absolute atomic E-state index is 13.2. The quantitative estimate of drug-likeness (QED) is 0.859. The molecule has 27 heavy (non-hydrogen) atoms. The standard InChI is InChI=1S/C22H30N2O3/c1-16-6-8-17(9-7-16)20-14-19(27-24-20)15-22(10-12-26-13-11-22)21(25)23-18-4-2-3-5-18/h6-9,18-19H,2-5,10-15H2,1H3,(H,23,25)/t19-/m1/s1. The van der Waals surface area contributed by atoms with E-state index in [4.69, 9.17) is 9.57 Å². The Hall–Kier alpha value is -1.88. The molecule has 1 amide bonds. The summed E-state index contributed by atoms with van der Waals surface area (Å²) in [7, 11) is 0. The minimum Gasteiger partial charge on any atom is -0.392 e. The Balaban J connectivity index is 1.41. The third-order valence-corrected chi connectivity index (χ3v) is 6.36. The van der Waals surface area contributed by atoms with Gasteiger partial charge in [-0.15, -0.1) is 0 Å². The van der Waals surface area contributed by atoms with Gasteiger partial charge in [0, 0.05) is 32.1 Å². The van der Waals surface area contributed by atoms with E-state index >= 15 is 0 Å². The Morgan fingerprint density at radius 3 is 2.59 bits per heavy atom. The molecule has 1 atom stereocenters. The minimum absolute atomic E-state index is 0.0336. The molecule has 0 spiro atoms. The molecule has 3 aliphatic rings. The predicted molar refractivity (Wildman–Crippen MR) is 105 cm³/mol. The summed E-state index contributed by atoms with van der Waals surface area (Å²) in [6.07, 6.45) is 7.65. The minimum atomic E-state index is -0.385. The average molecular weight is 370 g/mol. The van der Waals surface area contributed by atoms with E-state index in [0.29, 0.717) is 25.7 Å². The molecule has 1 aromatic rings. The van der Waals surface area contributed by atoms with Crippen molar-refractivity contribution < 1.29 is 14.4 Å². The van der Waals surface area contributed by atoms with Crippen molar-refractivity contribution in [2.45, 2.75) is 70.4 Å². The number of carbonyl (C=O) groups is 1. The first-order chi connectivity index (χ1) is 13.1. The number of hydrogen-bond acceptors (Lipinski definition) is 4. The number of nitrogens with zero attached hydrogens (tertiary/aromatic N) is 1. The number of aryl methyl sites for hydroxylation is 1. The molecule has 2 fully saturated rings. The summed E-state index contributed by atoms with van der Waals surface area (Å²) in [6.45, 7) is 3.38. The summed E-state index contributed by atoms with van der Waals surface area (Å²) in [5.74, 6) is 0.199. The summed E-state index contributed by atoms with van der Waals surface area (Å²) >= 11 is 0. The van der Waals surface area contributed by atoms with Crippen molar-refractivity contribution in [3.05, 3.63) is 35.4 Å². The maximum Gasteiger partial charge on any atom is 0.226 e. The molecule has 1 saturated heterocycles. The largest absolute Gasteiger partial charge is 0.392 e. The molecule has 0 bridgehead atoms. The average Bonchev–Trinajstić information content (AvgIpc) is 3.35. The van der Waals surface area contributed by atoms with E-state index < -0.39 is 0 Å². The molecule has 146 valence electrons. The van der Waals surface area contributed by atoms with Crippen LogP contribution in [0, 0.1) is 12.3 Å². The van der Waals surface area contributed by atoms with Gasteiger partial charge in [-0.2, -0.15) is 0 Å². The van der Waals surface area contributed by atoms with Crippen LogP contribution in [0.2, 0.25) is 0 Å². The molecule has 0 aromatic heterocycles. The van der Waals surface area contributed by atoms with Crippen LogP contribution in [-0.2, 0) is 14.4 Å². The van der Waals surface area contributed by atoms with Gasteiger partial charge in [0.25, 0.3) is 0 Å². The highest BCUT2D eigenvalue weighted by Gasteiger charge is 2.44. The van der Waals surface area contributed by atoms with Gasteiger partial charge in [0.2, 0.25) is 5.91 Å². The first-order valence-corrected chi connectivity index (χ1v) is 10.3. The van der Waals surface area contributed by atoms with Crippen molar-refractivity contribution in [3.8, 4) is 0 Å². The van der Waals surface area contributed by atoms with Crippen LogP contribution in [0.15, 0.2) is 29.4 Å². The summed E-state index contributed by atoms with van der Waals surface area (Å²) in [5.41, 5.74) is 2.95. The van der Waals surface area contributed by atoms with Crippen LogP contribution in [-0.4, -0.2) is 37.0 Å². The van der Waals surface area contributed by atoms with Crippen LogP contribution >= 0.6 is 0 Å². The van der Waals surface area contributed by atoms with Crippen LogP contribution in [0.5, 0.6) is 0 Å². The molecule has 2 heterocycles. The van der Waals surface area contributed by atoms with Crippen molar-refractivity contribution in [1.29, 1.82) is 0 Å². The predicted octanol–water partition coefficient (Wildman–Crippen LogP) is 3.73. The second-order valence-electron chi connectivity index (χ2n) is 8.39. The molecule has 1 aliphatic carbocycles. The summed E-state index contributed by atoms with van der Waals surface area (Å²) < 4.78 is 5.56. The molecular weight excluding hydrogens is 340 g/mol. The monoisotopic (exact) mass is 370 g/mol. The Morgan fingerprint density at radius 1 is 1.19 bits per heavy atom. The van der Waals surface area contributed by atoms with Gasteiger partial charge in [-0.05, 0) is 38.2 Å². The van der Waals surface area contributed by atoms with Crippen molar-refractivity contribution >= 4 is 11.6 Å². The van der Waals surface area contributed by atoms with Gasteiger partial charge in [-0.1, -0.05) is 47.8 Å². The maximum atomic E-state index is 13.2. The van der Waals surface area contributed by atoms with Crippen molar-refractivity contribution in [2.75, 3.05) is 13.2 Å². The summed E-state index contributed by atoms with van der Waals surface area (Å²) in [5, 5.41) is 7.65. The Bertz CT molecular complexity index is 686. The highest BCUT2D eigenvalue weighted by Crippen LogP contribution is 2.39. The lowest BCUT2D eigenvalue weighted by Crippen LogP contribution is -2.49. The fourth-order valence-electron chi connectivity index (χ4n) is 4.58. The topological polar surface area (TPSA) is 59.9 Å². The second kappa shape index (κ2) is 8.01. The van der Waals surface area contributed by atoms with E-state index in [1.807, 2.05) is 0 Å². The number of ether oxygens (including phenoxy) is 1. The fourth-order valence-corrected chi connectivity index (χ4v) is 4.58. The fraction of sp³-hybridized carbons (Fsp3) is 0.636. The second-order valence-corrected chi connectivity index (χ2v) is 8.39. The van der Waals surface area contributed by atoms with E-state index in [1.165, 1.54) is 18.4 Å². The molecule has 5 nitrogen and oxygen atoms in total. The van der Waals surface area contributed by atoms with E-state index in [2.05, 4.69) is 41.7 Å². The van der Waals surface area contributed by atoms with Crippen LogP contribution in [0.25, 0.3) is 0 Å². The zero-order valence-corrected chi connectivity index (χ0v) is 16.2. The lowest BCUT2D eigenvalue weighted by Gasteiger charge is -2.37. The van der Waals surface area contributed by atoms with Gasteiger partial charge in [0.1, 0.15) is 6.10 Å². The van der Waals surface area contributed by atoms with Crippen LogP contribution in [0.1, 0.15) is 62.5 Å². The van der Waals surface area contributed by atoms with Crippen LogP contribution in [0.3, 0.4) is 0 Å². The Labute approximate surface area is 161 Å². The Kier molecular flexibility index (Phi) is 5.48. The molecule has 4 rings (SSSR count). The highest BCUT2D eigenvalue weighted by atomic mass is 16.6. The molecular formula is C22H30N2O3. The van der Waals surface area contributed by atoms with Gasteiger partial charge < -0.3 is 14.9 Å². The molecule has 1 saturated carbocycles. The van der Waals surface area contributed by atoms with E-state index in [0.717, 1.165) is 43.4 Å². The molecule has 1 aromatic carbocycles. The third-order valence-electron chi connectivity index (χ3n) is 6.36. The highest BCUT2D eigenvalue weighted by molar-refractivity contribution is 6.01. The van der Waals surface area contributed by atoms with E-state index in [1.54, 1.807) is 0 Å². The zero-order chi connectivity index (χ0) is 18.7. The number of nitrogens with one attached hydrogen (secondary N) is 1. The van der Waals surface area contributed by atoms with Gasteiger partial charge in [-0.25, -0.2) is 0 Å². The molecule has 0 unspecified atom stereocenters. The normalized spacial score (nSPS) is 25.1. The first kappa shape index (κ1) is 18.5. The van der Waals surface area contributed by atoms with Crippen LogP contribution in [0.4, 0.5) is 0 Å². The zero-order valence-electron chi connectivity index (χ0n) is 16.2. The third kappa shape index (κ3) is 4.18. The van der Waals surface area contributed by atoms with Gasteiger partial charge in [0.15, 0.2) is 0 Å². The molecule has 1 N–H and O–H groups in total. The van der Waals surface area contributed by atoms with E-state index in [9.17, 15) is 4.79 Å². The van der Waals surface area contributed by atoms with Crippen molar-refractivity contribution in [2.24, 2.45) is 10.6 Å². The Morgan fingerprint density at radius 2 is 1.89 bits per heavy atom. The van der Waals surface area contributed by atoms with Gasteiger partial charge in [0.05, 0.1) is 11.1 Å².